The van der Waals surface area contributed by atoms with Crippen LogP contribution in [0.5, 0.6) is 5.75 Å². The number of carbonyl (C=O) groups is 1. The van der Waals surface area contributed by atoms with Crippen molar-refractivity contribution in [1.82, 2.24) is 10.2 Å². The molecule has 35 heavy (non-hydrogen) atoms. The smallest absolute Gasteiger partial charge is 0.273 e. The number of thioether (sulfide) groups is 1. The average molecular weight is 538 g/mol. The summed E-state index contributed by atoms with van der Waals surface area (Å²) in [4.78, 5) is 23.2. The van der Waals surface area contributed by atoms with Crippen LogP contribution < -0.4 is 14.4 Å². The summed E-state index contributed by atoms with van der Waals surface area (Å²) < 4.78 is 33.8. The van der Waals surface area contributed by atoms with Crippen LogP contribution in [-0.2, 0) is 14.8 Å². The monoisotopic (exact) mass is 537 g/mol. The molecule has 2 aromatic carbocycles. The lowest BCUT2D eigenvalue weighted by Gasteiger charge is -2.24. The van der Waals surface area contributed by atoms with Crippen LogP contribution in [0.1, 0.15) is 18.9 Å². The number of hydrogen-bond acceptors (Lipinski definition) is 10. The van der Waals surface area contributed by atoms with Crippen molar-refractivity contribution in [3.8, 4) is 5.75 Å². The first-order valence-electron chi connectivity index (χ1n) is 10.3. The van der Waals surface area contributed by atoms with Gasteiger partial charge in [0.25, 0.3) is 15.7 Å². The number of sulfonamides is 1. The summed E-state index contributed by atoms with van der Waals surface area (Å²) in [5.74, 6) is 0.705. The molecule has 3 rings (SSSR count). The van der Waals surface area contributed by atoms with Gasteiger partial charge in [-0.1, -0.05) is 36.1 Å². The highest BCUT2D eigenvalue weighted by atomic mass is 32.2. The maximum Gasteiger partial charge on any atom is 0.273 e. The van der Waals surface area contributed by atoms with Gasteiger partial charge in [-0.3, -0.25) is 24.5 Å². The maximum absolute atomic E-state index is 13.5. The molecule has 0 fully saturated rings. The van der Waals surface area contributed by atoms with Crippen molar-refractivity contribution in [2.24, 2.45) is 0 Å². The van der Waals surface area contributed by atoms with Crippen molar-refractivity contribution >= 4 is 55.5 Å². The highest BCUT2D eigenvalue weighted by Crippen LogP contribution is 2.30. The number of benzene rings is 2. The van der Waals surface area contributed by atoms with Gasteiger partial charge in [0, 0.05) is 17.4 Å². The Bertz CT molecular complexity index is 1310. The molecular formula is C21H23N5O6S3. The largest absolute Gasteiger partial charge is 0.497 e. The zero-order valence-corrected chi connectivity index (χ0v) is 21.6. The third kappa shape index (κ3) is 6.46. The van der Waals surface area contributed by atoms with Gasteiger partial charge in [-0.15, -0.1) is 10.2 Å². The lowest BCUT2D eigenvalue weighted by atomic mass is 10.2. The van der Waals surface area contributed by atoms with Crippen LogP contribution in [-0.4, -0.2) is 48.9 Å². The third-order valence-corrected chi connectivity index (χ3v) is 8.64. The normalized spacial score (nSPS) is 11.2. The first-order chi connectivity index (χ1) is 16.6. The molecule has 14 heteroatoms. The van der Waals surface area contributed by atoms with Crippen LogP contribution >= 0.6 is 23.1 Å². The second kappa shape index (κ2) is 11.5. The van der Waals surface area contributed by atoms with E-state index < -0.39 is 27.4 Å². The molecule has 186 valence electrons. The molecule has 0 bridgehead atoms. The number of carbonyl (C=O) groups excluding carboxylic acids is 1. The summed E-state index contributed by atoms with van der Waals surface area (Å²) in [5.41, 5.74) is 0.160. The number of nitro benzene ring substituents is 1. The number of nitrogens with zero attached hydrogens (tertiary/aromatic N) is 4. The Morgan fingerprint density at radius 2 is 1.94 bits per heavy atom. The quantitative estimate of drug-likeness (QED) is 0.165. The van der Waals surface area contributed by atoms with E-state index in [0.29, 0.717) is 15.7 Å². The van der Waals surface area contributed by atoms with Gasteiger partial charge in [0.1, 0.15) is 12.3 Å². The van der Waals surface area contributed by atoms with Gasteiger partial charge in [-0.25, -0.2) is 8.42 Å². The molecule has 0 atom stereocenters. The van der Waals surface area contributed by atoms with Crippen molar-refractivity contribution in [3.63, 3.8) is 0 Å². The Morgan fingerprint density at radius 3 is 2.57 bits per heavy atom. The molecule has 0 aliphatic heterocycles. The number of amides is 1. The molecule has 0 aliphatic rings. The summed E-state index contributed by atoms with van der Waals surface area (Å²) in [5, 5.41) is 22.1. The SMILES string of the molecule is CCCSc1nnc(NC(=O)CN(c2ccc(OC)cc2)S(=O)(=O)c2ccc(C)c([N+](=O)[O-])c2)s1. The van der Waals surface area contributed by atoms with Crippen molar-refractivity contribution in [2.75, 3.05) is 29.0 Å². The molecule has 1 N–H and O–H groups in total. The number of aryl methyl sites for hydroxylation is 1. The molecular weight excluding hydrogens is 514 g/mol. The van der Waals surface area contributed by atoms with Crippen LogP contribution in [0.25, 0.3) is 0 Å². The van der Waals surface area contributed by atoms with Gasteiger partial charge < -0.3 is 4.74 Å². The van der Waals surface area contributed by atoms with Gasteiger partial charge >= 0.3 is 0 Å². The number of nitro groups is 1. The average Bonchev–Trinajstić information content (AvgIpc) is 3.28. The lowest BCUT2D eigenvalue weighted by molar-refractivity contribution is -0.385. The fourth-order valence-corrected chi connectivity index (χ4v) is 6.07. The molecule has 0 aliphatic carbocycles. The van der Waals surface area contributed by atoms with Crippen LogP contribution in [0.3, 0.4) is 0 Å². The zero-order valence-electron chi connectivity index (χ0n) is 19.1. The third-order valence-electron chi connectivity index (χ3n) is 4.70. The number of nitrogens with one attached hydrogen (secondary N) is 1. The van der Waals surface area contributed by atoms with Crippen LogP contribution in [0, 0.1) is 17.0 Å². The van der Waals surface area contributed by atoms with Gasteiger partial charge in [-0.2, -0.15) is 0 Å². The molecule has 0 spiro atoms. The van der Waals surface area contributed by atoms with Gasteiger partial charge in [0.2, 0.25) is 11.0 Å². The van der Waals surface area contributed by atoms with Crippen LogP contribution in [0.4, 0.5) is 16.5 Å². The standard InChI is InChI=1S/C21H23N5O6S3/c1-4-11-33-21-24-23-20(34-21)22-19(27)13-25(15-6-8-16(32-3)9-7-15)35(30,31)17-10-5-14(2)18(12-17)26(28)29/h5-10,12H,4,11,13H2,1-3H3,(H,22,23,27). The maximum atomic E-state index is 13.5. The summed E-state index contributed by atoms with van der Waals surface area (Å²) in [7, 11) is -2.88. The van der Waals surface area contributed by atoms with Crippen molar-refractivity contribution < 1.29 is 22.9 Å². The summed E-state index contributed by atoms with van der Waals surface area (Å²) in [6.45, 7) is 2.96. The predicted molar refractivity (Wildman–Crippen MR) is 135 cm³/mol. The van der Waals surface area contributed by atoms with E-state index in [9.17, 15) is 23.3 Å². The highest BCUT2D eigenvalue weighted by molar-refractivity contribution is 8.01. The van der Waals surface area contributed by atoms with Gasteiger partial charge in [-0.05, 0) is 43.7 Å². The summed E-state index contributed by atoms with van der Waals surface area (Å²) in [6, 6.07) is 9.68. The Kier molecular flexibility index (Phi) is 8.64. The van der Waals surface area contributed by atoms with E-state index in [-0.39, 0.29) is 21.4 Å². The van der Waals surface area contributed by atoms with Gasteiger partial charge in [0.05, 0.1) is 22.6 Å². The molecule has 3 aromatic rings. The molecule has 11 nitrogen and oxygen atoms in total. The minimum Gasteiger partial charge on any atom is -0.497 e. The molecule has 1 amide bonds. The molecule has 0 unspecified atom stereocenters. The van der Waals surface area contributed by atoms with E-state index >= 15 is 0 Å². The summed E-state index contributed by atoms with van der Waals surface area (Å²) in [6.07, 6.45) is 0.956. The molecule has 1 heterocycles. The van der Waals surface area contributed by atoms with E-state index in [2.05, 4.69) is 15.5 Å². The van der Waals surface area contributed by atoms with Crippen LogP contribution in [0.2, 0.25) is 0 Å². The van der Waals surface area contributed by atoms with Crippen molar-refractivity contribution in [3.05, 3.63) is 58.1 Å². The van der Waals surface area contributed by atoms with E-state index in [0.717, 1.165) is 22.5 Å². The highest BCUT2D eigenvalue weighted by Gasteiger charge is 2.29. The first-order valence-corrected chi connectivity index (χ1v) is 13.6. The number of rotatable bonds is 11. The second-order valence-corrected chi connectivity index (χ2v) is 11.4. The Balaban J connectivity index is 1.93. The second-order valence-electron chi connectivity index (χ2n) is 7.18. The fourth-order valence-electron chi connectivity index (χ4n) is 2.93. The van der Waals surface area contributed by atoms with Crippen molar-refractivity contribution in [1.29, 1.82) is 0 Å². The van der Waals surface area contributed by atoms with E-state index in [1.807, 2.05) is 6.92 Å². The first kappa shape index (κ1) is 26.4. The molecule has 0 saturated carbocycles. The Morgan fingerprint density at radius 1 is 1.23 bits per heavy atom. The zero-order chi connectivity index (χ0) is 25.6. The minimum absolute atomic E-state index is 0.181. The Hall–Kier alpha value is -3.23. The van der Waals surface area contributed by atoms with Gasteiger partial charge in [0.15, 0.2) is 4.34 Å². The van der Waals surface area contributed by atoms with E-state index in [4.69, 9.17) is 4.74 Å². The van der Waals surface area contributed by atoms with Crippen molar-refractivity contribution in [2.45, 2.75) is 29.5 Å². The number of methoxy groups -OCH3 is 1. The molecule has 0 radical (unpaired) electrons. The fraction of sp³-hybridized carbons (Fsp3) is 0.286. The minimum atomic E-state index is -4.35. The topological polar surface area (TPSA) is 145 Å². The number of aromatic nitrogens is 2. The molecule has 0 saturated heterocycles. The van der Waals surface area contributed by atoms with E-state index in [1.165, 1.54) is 61.4 Å². The number of ether oxygens (including phenoxy) is 1. The molecule has 1 aromatic heterocycles. The summed E-state index contributed by atoms with van der Waals surface area (Å²) >= 11 is 2.70. The number of anilines is 2. The Labute approximate surface area is 210 Å². The number of hydrogen-bond donors (Lipinski definition) is 1. The van der Waals surface area contributed by atoms with Crippen LogP contribution in [0.15, 0.2) is 51.7 Å². The predicted octanol–water partition coefficient (Wildman–Crippen LogP) is 4.10. The lowest BCUT2D eigenvalue weighted by Crippen LogP contribution is -2.38. The van der Waals surface area contributed by atoms with E-state index in [1.54, 1.807) is 12.1 Å².